The molecule has 0 aromatic rings. The fraction of sp³-hybridized carbons (Fsp3) is 0.938. The summed E-state index contributed by atoms with van der Waals surface area (Å²) in [5, 5.41) is 9.65. The molecule has 2 aliphatic rings. The van der Waals surface area contributed by atoms with Crippen LogP contribution in [0, 0.1) is 0 Å². The standard InChI is InChI=1S/C16H30N2O2/c1-3-10-17-11-6-7-14(8-13-17)18-12-5-4-9-16(18,2)15(19)20/h14H,3-13H2,1-2H3,(H,19,20). The monoisotopic (exact) mass is 282 g/mol. The molecule has 2 aliphatic heterocycles. The smallest absolute Gasteiger partial charge is 0.323 e. The highest BCUT2D eigenvalue weighted by atomic mass is 16.4. The number of rotatable bonds is 4. The Morgan fingerprint density at radius 1 is 1.20 bits per heavy atom. The van der Waals surface area contributed by atoms with Crippen molar-refractivity contribution in [3.8, 4) is 0 Å². The topological polar surface area (TPSA) is 43.8 Å². The van der Waals surface area contributed by atoms with Crippen molar-refractivity contribution < 1.29 is 9.90 Å². The third kappa shape index (κ3) is 3.34. The van der Waals surface area contributed by atoms with Gasteiger partial charge in [-0.15, -0.1) is 0 Å². The van der Waals surface area contributed by atoms with E-state index in [2.05, 4.69) is 16.7 Å². The van der Waals surface area contributed by atoms with Crippen LogP contribution in [-0.2, 0) is 4.79 Å². The van der Waals surface area contributed by atoms with Crippen molar-refractivity contribution >= 4 is 5.97 Å². The lowest BCUT2D eigenvalue weighted by Crippen LogP contribution is -2.59. The highest BCUT2D eigenvalue weighted by molar-refractivity contribution is 5.78. The second kappa shape index (κ2) is 6.90. The van der Waals surface area contributed by atoms with Gasteiger partial charge in [-0.25, -0.2) is 0 Å². The molecule has 4 heteroatoms. The van der Waals surface area contributed by atoms with Gasteiger partial charge in [0.15, 0.2) is 0 Å². The average Bonchev–Trinajstić information content (AvgIpc) is 2.65. The highest BCUT2D eigenvalue weighted by Gasteiger charge is 2.44. The van der Waals surface area contributed by atoms with Crippen LogP contribution in [0.25, 0.3) is 0 Å². The van der Waals surface area contributed by atoms with Crippen molar-refractivity contribution in [2.24, 2.45) is 0 Å². The molecule has 2 saturated heterocycles. The van der Waals surface area contributed by atoms with Gasteiger partial charge in [0.2, 0.25) is 0 Å². The molecule has 0 aromatic carbocycles. The SMILES string of the molecule is CCCN1CCCC(N2CCCCC2(C)C(=O)O)CC1. The molecule has 0 radical (unpaired) electrons. The van der Waals surface area contributed by atoms with Crippen molar-refractivity contribution in [1.82, 2.24) is 9.80 Å². The Balaban J connectivity index is 2.03. The van der Waals surface area contributed by atoms with E-state index in [0.717, 1.165) is 45.2 Å². The minimum absolute atomic E-state index is 0.457. The summed E-state index contributed by atoms with van der Waals surface area (Å²) in [5.41, 5.74) is -0.636. The first-order chi connectivity index (χ1) is 9.58. The minimum atomic E-state index is -0.636. The van der Waals surface area contributed by atoms with Gasteiger partial charge < -0.3 is 10.0 Å². The Morgan fingerprint density at radius 3 is 2.70 bits per heavy atom. The zero-order valence-electron chi connectivity index (χ0n) is 13.1. The van der Waals surface area contributed by atoms with E-state index in [9.17, 15) is 9.90 Å². The number of aliphatic carboxylic acids is 1. The zero-order valence-corrected chi connectivity index (χ0v) is 13.1. The van der Waals surface area contributed by atoms with Crippen molar-refractivity contribution in [3.05, 3.63) is 0 Å². The molecule has 2 heterocycles. The molecule has 0 aromatic heterocycles. The van der Waals surface area contributed by atoms with Crippen LogP contribution in [0.2, 0.25) is 0 Å². The van der Waals surface area contributed by atoms with Gasteiger partial charge in [0.05, 0.1) is 0 Å². The third-order valence-electron chi connectivity index (χ3n) is 5.18. The fourth-order valence-corrected chi connectivity index (χ4v) is 3.95. The van der Waals surface area contributed by atoms with Gasteiger partial charge in [0.25, 0.3) is 0 Å². The molecule has 4 nitrogen and oxygen atoms in total. The Bertz CT molecular complexity index is 334. The predicted octanol–water partition coefficient (Wildman–Crippen LogP) is 2.58. The zero-order chi connectivity index (χ0) is 14.6. The minimum Gasteiger partial charge on any atom is -0.480 e. The van der Waals surface area contributed by atoms with Crippen LogP contribution in [0.15, 0.2) is 0 Å². The predicted molar refractivity (Wildman–Crippen MR) is 81.0 cm³/mol. The lowest BCUT2D eigenvalue weighted by molar-refractivity contribution is -0.155. The van der Waals surface area contributed by atoms with Gasteiger partial charge >= 0.3 is 5.97 Å². The quantitative estimate of drug-likeness (QED) is 0.860. The summed E-state index contributed by atoms with van der Waals surface area (Å²) in [7, 11) is 0. The normalized spacial score (nSPS) is 33.8. The van der Waals surface area contributed by atoms with Crippen molar-refractivity contribution in [2.45, 2.75) is 70.4 Å². The Hall–Kier alpha value is -0.610. The van der Waals surface area contributed by atoms with Crippen LogP contribution in [0.4, 0.5) is 0 Å². The van der Waals surface area contributed by atoms with Gasteiger partial charge in [-0.05, 0) is 78.0 Å². The molecular formula is C16H30N2O2. The summed E-state index contributed by atoms with van der Waals surface area (Å²) in [6, 6.07) is 0.457. The van der Waals surface area contributed by atoms with E-state index in [1.807, 2.05) is 6.92 Å². The van der Waals surface area contributed by atoms with Crippen molar-refractivity contribution in [3.63, 3.8) is 0 Å². The van der Waals surface area contributed by atoms with E-state index in [0.29, 0.717) is 6.04 Å². The summed E-state index contributed by atoms with van der Waals surface area (Å²) in [5.74, 6) is -0.633. The molecule has 2 atom stereocenters. The van der Waals surface area contributed by atoms with Crippen LogP contribution in [0.1, 0.15) is 58.8 Å². The molecule has 2 fully saturated rings. The number of hydrogen-bond donors (Lipinski definition) is 1. The number of carbonyl (C=O) groups is 1. The molecule has 0 aliphatic carbocycles. The molecule has 0 bridgehead atoms. The largest absolute Gasteiger partial charge is 0.480 e. The van der Waals surface area contributed by atoms with Crippen LogP contribution in [0.3, 0.4) is 0 Å². The Kier molecular flexibility index (Phi) is 5.44. The van der Waals surface area contributed by atoms with Gasteiger partial charge in [-0.3, -0.25) is 9.69 Å². The average molecular weight is 282 g/mol. The summed E-state index contributed by atoms with van der Waals surface area (Å²) < 4.78 is 0. The maximum absolute atomic E-state index is 11.7. The maximum atomic E-state index is 11.7. The van der Waals surface area contributed by atoms with E-state index in [1.165, 1.54) is 25.9 Å². The Morgan fingerprint density at radius 2 is 2.00 bits per heavy atom. The molecular weight excluding hydrogens is 252 g/mol. The molecule has 116 valence electrons. The first-order valence-corrected chi connectivity index (χ1v) is 8.30. The van der Waals surface area contributed by atoms with Gasteiger partial charge in [0, 0.05) is 6.04 Å². The van der Waals surface area contributed by atoms with Crippen LogP contribution in [-0.4, -0.2) is 58.6 Å². The summed E-state index contributed by atoms with van der Waals surface area (Å²) >= 11 is 0. The van der Waals surface area contributed by atoms with E-state index >= 15 is 0 Å². The summed E-state index contributed by atoms with van der Waals surface area (Å²) in [6.07, 6.45) is 7.70. The Labute approximate surface area is 123 Å². The lowest BCUT2D eigenvalue weighted by Gasteiger charge is -2.46. The third-order valence-corrected chi connectivity index (χ3v) is 5.18. The molecule has 20 heavy (non-hydrogen) atoms. The maximum Gasteiger partial charge on any atom is 0.323 e. The summed E-state index contributed by atoms with van der Waals surface area (Å²) in [4.78, 5) is 16.6. The molecule has 0 saturated carbocycles. The number of hydrogen-bond acceptors (Lipinski definition) is 3. The van der Waals surface area contributed by atoms with Gasteiger partial charge in [-0.1, -0.05) is 6.92 Å². The second-order valence-corrected chi connectivity index (χ2v) is 6.66. The van der Waals surface area contributed by atoms with Crippen molar-refractivity contribution in [1.29, 1.82) is 0 Å². The number of likely N-dealkylation sites (tertiary alicyclic amines) is 2. The molecule has 2 rings (SSSR count). The van der Waals surface area contributed by atoms with E-state index < -0.39 is 11.5 Å². The summed E-state index contributed by atoms with van der Waals surface area (Å²) in [6.45, 7) is 8.62. The number of piperidine rings is 1. The van der Waals surface area contributed by atoms with Crippen LogP contribution >= 0.6 is 0 Å². The first kappa shape index (κ1) is 15.8. The lowest BCUT2D eigenvalue weighted by atomic mass is 9.85. The number of carboxylic acids is 1. The fourth-order valence-electron chi connectivity index (χ4n) is 3.95. The van der Waals surface area contributed by atoms with Crippen LogP contribution < -0.4 is 0 Å². The molecule has 0 spiro atoms. The second-order valence-electron chi connectivity index (χ2n) is 6.66. The number of carboxylic acid groups (broad SMARTS) is 1. The number of nitrogens with zero attached hydrogens (tertiary/aromatic N) is 2. The van der Waals surface area contributed by atoms with Gasteiger partial charge in [-0.2, -0.15) is 0 Å². The van der Waals surface area contributed by atoms with E-state index in [4.69, 9.17) is 0 Å². The highest BCUT2D eigenvalue weighted by Crippen LogP contribution is 2.33. The van der Waals surface area contributed by atoms with Crippen molar-refractivity contribution in [2.75, 3.05) is 26.2 Å². The van der Waals surface area contributed by atoms with Gasteiger partial charge in [0.1, 0.15) is 5.54 Å². The van der Waals surface area contributed by atoms with E-state index in [1.54, 1.807) is 0 Å². The molecule has 1 N–H and O–H groups in total. The molecule has 2 unspecified atom stereocenters. The first-order valence-electron chi connectivity index (χ1n) is 8.30. The molecule has 0 amide bonds. The van der Waals surface area contributed by atoms with E-state index in [-0.39, 0.29) is 0 Å². The van der Waals surface area contributed by atoms with Crippen LogP contribution in [0.5, 0.6) is 0 Å².